The van der Waals surface area contributed by atoms with Gasteiger partial charge in [-0.3, -0.25) is 0 Å². The van der Waals surface area contributed by atoms with Crippen LogP contribution < -0.4 is 0 Å². The van der Waals surface area contributed by atoms with Gasteiger partial charge in [0.2, 0.25) is 0 Å². The Morgan fingerprint density at radius 3 is 2.20 bits per heavy atom. The topological polar surface area (TPSA) is 120 Å². The zero-order valence-electron chi connectivity index (χ0n) is 7.98. The Morgan fingerprint density at radius 2 is 1.80 bits per heavy atom. The molecule has 4 N–H and O–H groups in total. The van der Waals surface area contributed by atoms with Crippen molar-refractivity contribution in [2.75, 3.05) is 19.8 Å². The summed E-state index contributed by atoms with van der Waals surface area (Å²) in [5, 5.41) is 47.3. The fraction of sp³-hybridized carbons (Fsp3) is 0.625. The maximum Gasteiger partial charge on any atom is 0.110 e. The van der Waals surface area contributed by atoms with Gasteiger partial charge >= 0.3 is 0 Å². The molecule has 0 aliphatic carbocycles. The minimum absolute atomic E-state index is 0.141. The first kappa shape index (κ1) is 11.9. The standard InChI is InChI=1S/C8H13N3O4/c12-3-8(4-13,5-14)7(15)6-1-2-9-11-10-6/h1-2,7,12-15H,3-5H2. The SMILES string of the molecule is OCC(CO)(CO)C(O)c1ccnnn1. The summed E-state index contributed by atoms with van der Waals surface area (Å²) in [6.45, 7) is -1.69. The van der Waals surface area contributed by atoms with E-state index in [0.717, 1.165) is 0 Å². The Labute approximate surface area is 86.0 Å². The molecule has 7 heteroatoms. The van der Waals surface area contributed by atoms with E-state index in [1.54, 1.807) is 0 Å². The van der Waals surface area contributed by atoms with Crippen molar-refractivity contribution >= 4 is 0 Å². The molecule has 0 saturated heterocycles. The fourth-order valence-corrected chi connectivity index (χ4v) is 1.12. The number of rotatable bonds is 5. The summed E-state index contributed by atoms with van der Waals surface area (Å²) in [6, 6.07) is 1.40. The van der Waals surface area contributed by atoms with Gasteiger partial charge in [0.25, 0.3) is 0 Å². The van der Waals surface area contributed by atoms with E-state index in [1.165, 1.54) is 12.3 Å². The number of aromatic nitrogens is 3. The normalized spacial score (nSPS) is 13.9. The van der Waals surface area contributed by atoms with E-state index in [4.69, 9.17) is 15.3 Å². The Balaban J connectivity index is 2.95. The van der Waals surface area contributed by atoms with Gasteiger partial charge in [-0.1, -0.05) is 0 Å². The van der Waals surface area contributed by atoms with E-state index in [-0.39, 0.29) is 5.69 Å². The summed E-state index contributed by atoms with van der Waals surface area (Å²) < 4.78 is 0. The predicted octanol–water partition coefficient (Wildman–Crippen LogP) is -2.13. The number of aliphatic hydroxyl groups is 4. The maximum atomic E-state index is 9.82. The van der Waals surface area contributed by atoms with Gasteiger partial charge in [-0.2, -0.15) is 0 Å². The zero-order chi connectivity index (χ0) is 11.3. The predicted molar refractivity (Wildman–Crippen MR) is 48.5 cm³/mol. The van der Waals surface area contributed by atoms with Crippen LogP contribution in [0, 0.1) is 5.41 Å². The first-order chi connectivity index (χ1) is 7.20. The highest BCUT2D eigenvalue weighted by atomic mass is 16.3. The van der Waals surface area contributed by atoms with Gasteiger partial charge in [0.15, 0.2) is 0 Å². The Hall–Kier alpha value is -1.15. The Bertz CT molecular complexity index is 283. The van der Waals surface area contributed by atoms with Crippen molar-refractivity contribution in [3.05, 3.63) is 18.0 Å². The highest BCUT2D eigenvalue weighted by Gasteiger charge is 2.38. The zero-order valence-corrected chi connectivity index (χ0v) is 7.98. The summed E-state index contributed by atoms with van der Waals surface area (Å²) in [5.74, 6) is 0. The lowest BCUT2D eigenvalue weighted by atomic mass is 9.83. The largest absolute Gasteiger partial charge is 0.395 e. The molecule has 0 fully saturated rings. The van der Waals surface area contributed by atoms with Crippen LogP contribution in [0.2, 0.25) is 0 Å². The van der Waals surface area contributed by atoms with Crippen LogP contribution in [-0.4, -0.2) is 55.7 Å². The molecule has 0 aliphatic rings. The summed E-state index contributed by atoms with van der Waals surface area (Å²) in [5.41, 5.74) is -1.28. The molecule has 84 valence electrons. The average molecular weight is 215 g/mol. The molecule has 0 aliphatic heterocycles. The smallest absolute Gasteiger partial charge is 0.110 e. The van der Waals surface area contributed by atoms with Crippen LogP contribution in [0.1, 0.15) is 11.8 Å². The monoisotopic (exact) mass is 215 g/mol. The highest BCUT2D eigenvalue weighted by Crippen LogP contribution is 2.31. The van der Waals surface area contributed by atoms with Crippen molar-refractivity contribution < 1.29 is 20.4 Å². The number of nitrogens with zero attached hydrogens (tertiary/aromatic N) is 3. The molecule has 0 spiro atoms. The first-order valence-electron chi connectivity index (χ1n) is 4.35. The van der Waals surface area contributed by atoms with Gasteiger partial charge in [-0.25, -0.2) is 0 Å². The average Bonchev–Trinajstić information content (AvgIpc) is 2.33. The summed E-state index contributed by atoms with van der Waals surface area (Å²) in [6.07, 6.45) is 0.0237. The van der Waals surface area contributed by atoms with E-state index in [2.05, 4.69) is 15.4 Å². The van der Waals surface area contributed by atoms with Crippen LogP contribution in [0.15, 0.2) is 12.3 Å². The Morgan fingerprint density at radius 1 is 1.20 bits per heavy atom. The van der Waals surface area contributed by atoms with Crippen molar-refractivity contribution in [1.82, 2.24) is 15.4 Å². The molecule has 1 unspecified atom stereocenters. The third-order valence-corrected chi connectivity index (χ3v) is 2.33. The molecule has 15 heavy (non-hydrogen) atoms. The molecular formula is C8H13N3O4. The van der Waals surface area contributed by atoms with Crippen LogP contribution in [-0.2, 0) is 0 Å². The summed E-state index contributed by atoms with van der Waals surface area (Å²) in [4.78, 5) is 0. The minimum Gasteiger partial charge on any atom is -0.395 e. The highest BCUT2D eigenvalue weighted by molar-refractivity contribution is 5.06. The van der Waals surface area contributed by atoms with Crippen LogP contribution in [0.4, 0.5) is 0 Å². The second kappa shape index (κ2) is 5.08. The number of hydrogen-bond donors (Lipinski definition) is 4. The molecule has 0 saturated carbocycles. The lowest BCUT2D eigenvalue weighted by Crippen LogP contribution is -2.40. The molecule has 1 rings (SSSR count). The van der Waals surface area contributed by atoms with Gasteiger partial charge in [-0.15, -0.1) is 10.2 Å². The van der Waals surface area contributed by atoms with E-state index in [9.17, 15) is 5.11 Å². The van der Waals surface area contributed by atoms with Gasteiger partial charge in [0.1, 0.15) is 6.10 Å². The van der Waals surface area contributed by atoms with Gasteiger partial charge in [0.05, 0.1) is 37.1 Å². The molecule has 1 heterocycles. The van der Waals surface area contributed by atoms with Crippen molar-refractivity contribution in [2.24, 2.45) is 5.41 Å². The van der Waals surface area contributed by atoms with E-state index in [1.807, 2.05) is 0 Å². The molecule has 7 nitrogen and oxygen atoms in total. The second-order valence-electron chi connectivity index (χ2n) is 3.28. The number of hydrogen-bond acceptors (Lipinski definition) is 7. The van der Waals surface area contributed by atoms with E-state index < -0.39 is 31.3 Å². The van der Waals surface area contributed by atoms with Crippen LogP contribution >= 0.6 is 0 Å². The van der Waals surface area contributed by atoms with Gasteiger partial charge in [-0.05, 0) is 11.3 Å². The van der Waals surface area contributed by atoms with Crippen molar-refractivity contribution in [3.8, 4) is 0 Å². The molecule has 1 aromatic heterocycles. The molecular weight excluding hydrogens is 202 g/mol. The minimum atomic E-state index is -1.42. The summed E-state index contributed by atoms with van der Waals surface area (Å²) >= 11 is 0. The molecule has 0 bridgehead atoms. The first-order valence-corrected chi connectivity index (χ1v) is 4.35. The third-order valence-electron chi connectivity index (χ3n) is 2.33. The fourth-order valence-electron chi connectivity index (χ4n) is 1.12. The molecule has 0 amide bonds. The molecule has 0 aromatic carbocycles. The van der Waals surface area contributed by atoms with Gasteiger partial charge in [0, 0.05) is 0 Å². The maximum absolute atomic E-state index is 9.82. The lowest BCUT2D eigenvalue weighted by molar-refractivity contribution is -0.0872. The van der Waals surface area contributed by atoms with Crippen molar-refractivity contribution in [3.63, 3.8) is 0 Å². The van der Waals surface area contributed by atoms with E-state index >= 15 is 0 Å². The quantitative estimate of drug-likeness (QED) is 0.442. The van der Waals surface area contributed by atoms with Crippen LogP contribution in [0.25, 0.3) is 0 Å². The Kier molecular flexibility index (Phi) is 4.04. The van der Waals surface area contributed by atoms with Gasteiger partial charge < -0.3 is 20.4 Å². The number of aliphatic hydroxyl groups excluding tert-OH is 4. The summed E-state index contributed by atoms with van der Waals surface area (Å²) in [7, 11) is 0. The molecule has 0 radical (unpaired) electrons. The lowest BCUT2D eigenvalue weighted by Gasteiger charge is -2.31. The van der Waals surface area contributed by atoms with Crippen molar-refractivity contribution in [1.29, 1.82) is 0 Å². The molecule has 1 atom stereocenters. The second-order valence-corrected chi connectivity index (χ2v) is 3.28. The van der Waals surface area contributed by atoms with E-state index in [0.29, 0.717) is 0 Å². The third kappa shape index (κ3) is 2.26. The van der Waals surface area contributed by atoms with Crippen LogP contribution in [0.5, 0.6) is 0 Å². The molecule has 1 aromatic rings. The van der Waals surface area contributed by atoms with Crippen molar-refractivity contribution in [2.45, 2.75) is 6.10 Å². The van der Waals surface area contributed by atoms with Crippen LogP contribution in [0.3, 0.4) is 0 Å².